The monoisotopic (exact) mass is 598 g/mol. The van der Waals surface area contributed by atoms with Crippen LogP contribution in [0.2, 0.25) is 0 Å². The number of halogens is 2. The van der Waals surface area contributed by atoms with Crippen molar-refractivity contribution in [1.29, 1.82) is 0 Å². The fraction of sp³-hybridized carbons (Fsp3) is 0.333. The average Bonchev–Trinajstić information content (AvgIpc) is 2.70. The van der Waals surface area contributed by atoms with Crippen LogP contribution in [0.4, 0.5) is 0 Å². The molecule has 0 saturated heterocycles. The van der Waals surface area contributed by atoms with E-state index in [0.717, 1.165) is 66.0 Å². The number of hydrogen-bond donors (Lipinski definition) is 0. The third-order valence-corrected chi connectivity index (χ3v) is 4.69. The molecule has 4 heteroatoms. The lowest BCUT2D eigenvalue weighted by Crippen LogP contribution is -1.99. The molecule has 2 rings (SSSR count). The summed E-state index contributed by atoms with van der Waals surface area (Å²) in [6.45, 7) is 5.76. The molecule has 0 amide bonds. The van der Waals surface area contributed by atoms with E-state index in [1.54, 1.807) is 0 Å². The van der Waals surface area contributed by atoms with Crippen molar-refractivity contribution in [1.82, 2.24) is 0 Å². The van der Waals surface area contributed by atoms with Gasteiger partial charge >= 0.3 is 0 Å². The van der Waals surface area contributed by atoms with E-state index < -0.39 is 0 Å². The minimum atomic E-state index is 0.702. The Labute approximate surface area is 196 Å². The standard InChI is InChI=1S/C24H24I2O2/c1-3-5-15-27-22-9-7-19(8-10-22)24-20(11-13-25)17-23(28-16-6-4-2)18-21(24)12-14-26/h7-10,17-18H,3-6,15-16H2,1-2H3. The molecule has 28 heavy (non-hydrogen) atoms. The van der Waals surface area contributed by atoms with Crippen LogP contribution in [-0.4, -0.2) is 13.2 Å². The van der Waals surface area contributed by atoms with Crippen molar-refractivity contribution >= 4 is 45.2 Å². The molecule has 0 aliphatic rings. The number of ether oxygens (including phenoxy) is 2. The molecule has 146 valence electrons. The lowest BCUT2D eigenvalue weighted by Gasteiger charge is -2.13. The quantitative estimate of drug-likeness (QED) is 0.173. The van der Waals surface area contributed by atoms with Crippen LogP contribution in [-0.2, 0) is 0 Å². The van der Waals surface area contributed by atoms with Crippen molar-refractivity contribution in [3.63, 3.8) is 0 Å². The van der Waals surface area contributed by atoms with E-state index in [-0.39, 0.29) is 0 Å². The van der Waals surface area contributed by atoms with E-state index in [0.29, 0.717) is 6.61 Å². The molecule has 0 aliphatic carbocycles. The number of rotatable bonds is 9. The molecule has 0 heterocycles. The van der Waals surface area contributed by atoms with Crippen molar-refractivity contribution in [2.24, 2.45) is 0 Å². The van der Waals surface area contributed by atoms with Crippen molar-refractivity contribution in [2.75, 3.05) is 13.2 Å². The summed E-state index contributed by atoms with van der Waals surface area (Å²) < 4.78 is 17.7. The van der Waals surface area contributed by atoms with E-state index in [9.17, 15) is 0 Å². The highest BCUT2D eigenvalue weighted by atomic mass is 127. The molecule has 0 aromatic heterocycles. The summed E-state index contributed by atoms with van der Waals surface area (Å²) in [5, 5.41) is 0. The van der Waals surface area contributed by atoms with Gasteiger partial charge in [0.2, 0.25) is 0 Å². The van der Waals surface area contributed by atoms with Gasteiger partial charge in [0.15, 0.2) is 0 Å². The van der Waals surface area contributed by atoms with Crippen LogP contribution in [0.25, 0.3) is 11.1 Å². The summed E-state index contributed by atoms with van der Waals surface area (Å²) in [4.78, 5) is 0. The zero-order valence-electron chi connectivity index (χ0n) is 16.3. The first kappa shape index (κ1) is 22.9. The Morgan fingerprint density at radius 1 is 0.750 bits per heavy atom. The normalized spacial score (nSPS) is 9.71. The molecule has 0 N–H and O–H groups in total. The molecule has 0 bridgehead atoms. The summed E-state index contributed by atoms with van der Waals surface area (Å²) >= 11 is 4.14. The summed E-state index contributed by atoms with van der Waals surface area (Å²) in [6, 6.07) is 12.2. The zero-order valence-corrected chi connectivity index (χ0v) is 20.6. The molecule has 0 fully saturated rings. The van der Waals surface area contributed by atoms with Crippen LogP contribution in [0.5, 0.6) is 11.5 Å². The Bertz CT molecular complexity index is 840. The highest BCUT2D eigenvalue weighted by Crippen LogP contribution is 2.32. The lowest BCUT2D eigenvalue weighted by atomic mass is 9.94. The minimum absolute atomic E-state index is 0.702. The molecule has 0 aliphatic heterocycles. The first-order valence-electron chi connectivity index (χ1n) is 9.50. The van der Waals surface area contributed by atoms with E-state index in [2.05, 4.69) is 90.9 Å². The predicted octanol–water partition coefficient (Wildman–Crippen LogP) is 7.20. The molecule has 2 aromatic carbocycles. The summed E-state index contributed by atoms with van der Waals surface area (Å²) in [5.41, 5.74) is 3.97. The Balaban J connectivity index is 2.42. The average molecular weight is 598 g/mol. The van der Waals surface area contributed by atoms with E-state index in [4.69, 9.17) is 9.47 Å². The van der Waals surface area contributed by atoms with Crippen molar-refractivity contribution in [3.8, 4) is 42.3 Å². The molecule has 2 aromatic rings. The van der Waals surface area contributed by atoms with Crippen molar-refractivity contribution in [2.45, 2.75) is 39.5 Å². The van der Waals surface area contributed by atoms with Gasteiger partial charge < -0.3 is 9.47 Å². The fourth-order valence-electron chi connectivity index (χ4n) is 2.70. The van der Waals surface area contributed by atoms with Gasteiger partial charge in [0.05, 0.1) is 13.2 Å². The first-order valence-corrected chi connectivity index (χ1v) is 11.7. The largest absolute Gasteiger partial charge is 0.494 e. The highest BCUT2D eigenvalue weighted by molar-refractivity contribution is 14.1. The Kier molecular flexibility index (Phi) is 10.6. The van der Waals surface area contributed by atoms with E-state index >= 15 is 0 Å². The van der Waals surface area contributed by atoms with Gasteiger partial charge in [-0.1, -0.05) is 50.7 Å². The van der Waals surface area contributed by atoms with Gasteiger partial charge in [-0.2, -0.15) is 0 Å². The third-order valence-electron chi connectivity index (χ3n) is 4.15. The van der Waals surface area contributed by atoms with Crippen LogP contribution in [0.1, 0.15) is 50.7 Å². The van der Waals surface area contributed by atoms with Crippen LogP contribution < -0.4 is 9.47 Å². The summed E-state index contributed by atoms with van der Waals surface area (Å²) in [6.07, 6.45) is 4.32. The molecule has 2 nitrogen and oxygen atoms in total. The third kappa shape index (κ3) is 6.90. The van der Waals surface area contributed by atoms with Gasteiger partial charge in [-0.3, -0.25) is 0 Å². The van der Waals surface area contributed by atoms with Gasteiger partial charge in [0.1, 0.15) is 11.5 Å². The highest BCUT2D eigenvalue weighted by Gasteiger charge is 2.12. The lowest BCUT2D eigenvalue weighted by molar-refractivity contribution is 0.309. The number of hydrogen-bond acceptors (Lipinski definition) is 2. The Morgan fingerprint density at radius 2 is 1.25 bits per heavy atom. The predicted molar refractivity (Wildman–Crippen MR) is 134 cm³/mol. The van der Waals surface area contributed by atoms with Gasteiger partial charge in [-0.05, 0) is 50.5 Å². The number of benzene rings is 2. The van der Waals surface area contributed by atoms with Crippen LogP contribution in [0, 0.1) is 19.7 Å². The van der Waals surface area contributed by atoms with Crippen molar-refractivity contribution in [3.05, 3.63) is 47.5 Å². The van der Waals surface area contributed by atoms with Gasteiger partial charge in [0, 0.05) is 61.9 Å². The number of unbranched alkanes of at least 4 members (excludes halogenated alkanes) is 2. The second-order valence-corrected chi connectivity index (χ2v) is 7.34. The molecular weight excluding hydrogens is 574 g/mol. The summed E-state index contributed by atoms with van der Waals surface area (Å²) in [7, 11) is 0. The molecule has 0 radical (unpaired) electrons. The SMILES string of the molecule is CCCCOc1ccc(-c2c(C#CI)cc(OCCCC)cc2C#CI)cc1. The maximum Gasteiger partial charge on any atom is 0.121 e. The second kappa shape index (κ2) is 13.0. The maximum atomic E-state index is 5.92. The van der Waals surface area contributed by atoms with E-state index in [1.165, 1.54) is 0 Å². The maximum absolute atomic E-state index is 5.92. The smallest absolute Gasteiger partial charge is 0.121 e. The Hall–Kier alpha value is -1.38. The molecule has 0 spiro atoms. The second-order valence-electron chi connectivity index (χ2n) is 6.26. The molecule has 0 unspecified atom stereocenters. The van der Waals surface area contributed by atoms with Crippen molar-refractivity contribution < 1.29 is 9.47 Å². The molecule has 0 atom stereocenters. The topological polar surface area (TPSA) is 18.5 Å². The van der Waals surface area contributed by atoms with E-state index in [1.807, 2.05) is 24.3 Å². The molecular formula is C24H24I2O2. The summed E-state index contributed by atoms with van der Waals surface area (Å²) in [5.74, 6) is 8.14. The Morgan fingerprint density at radius 3 is 1.71 bits per heavy atom. The van der Waals surface area contributed by atoms with Gasteiger partial charge in [-0.25, -0.2) is 0 Å². The van der Waals surface area contributed by atoms with Crippen LogP contribution in [0.15, 0.2) is 36.4 Å². The first-order chi connectivity index (χ1) is 13.7. The fourth-order valence-corrected chi connectivity index (χ4v) is 3.28. The molecule has 0 saturated carbocycles. The zero-order chi connectivity index (χ0) is 20.2. The van der Waals surface area contributed by atoms with Crippen LogP contribution >= 0.6 is 45.2 Å². The van der Waals surface area contributed by atoms with Crippen LogP contribution in [0.3, 0.4) is 0 Å². The minimum Gasteiger partial charge on any atom is -0.494 e. The van der Waals surface area contributed by atoms with Gasteiger partial charge in [-0.15, -0.1) is 0 Å². The van der Waals surface area contributed by atoms with Gasteiger partial charge in [0.25, 0.3) is 0 Å².